The first-order chi connectivity index (χ1) is 14.1. The molecule has 1 aliphatic carbocycles. The van der Waals surface area contributed by atoms with Gasteiger partial charge in [0.1, 0.15) is 11.8 Å². The van der Waals surface area contributed by atoms with Gasteiger partial charge >= 0.3 is 0 Å². The van der Waals surface area contributed by atoms with Crippen molar-refractivity contribution in [2.24, 2.45) is 0 Å². The van der Waals surface area contributed by atoms with E-state index in [2.05, 4.69) is 5.32 Å². The third kappa shape index (κ3) is 5.33. The van der Waals surface area contributed by atoms with Crippen molar-refractivity contribution in [3.05, 3.63) is 53.6 Å². The maximum Gasteiger partial charge on any atom is 0.247 e. The summed E-state index contributed by atoms with van der Waals surface area (Å²) in [6.07, 6.45) is 5.95. The van der Waals surface area contributed by atoms with E-state index in [1.165, 1.54) is 17.1 Å². The molecule has 6 nitrogen and oxygen atoms in total. The van der Waals surface area contributed by atoms with E-state index in [0.29, 0.717) is 11.4 Å². The second-order valence-corrected chi connectivity index (χ2v) is 9.92. The van der Waals surface area contributed by atoms with Crippen LogP contribution in [0.15, 0.2) is 42.5 Å². The highest BCUT2D eigenvalue weighted by Crippen LogP contribution is 2.28. The number of carbonyl (C=O) groups is 1. The number of sulfonamides is 1. The smallest absolute Gasteiger partial charge is 0.247 e. The Bertz CT molecular complexity index is 996. The van der Waals surface area contributed by atoms with Crippen molar-refractivity contribution >= 4 is 27.3 Å². The maximum absolute atomic E-state index is 12.9. The largest absolute Gasteiger partial charge is 0.490 e. The van der Waals surface area contributed by atoms with Gasteiger partial charge in [0.05, 0.1) is 18.0 Å². The summed E-state index contributed by atoms with van der Waals surface area (Å²) in [7, 11) is -3.66. The molecule has 0 spiro atoms. The van der Waals surface area contributed by atoms with Gasteiger partial charge in [-0.25, -0.2) is 8.42 Å². The second kappa shape index (κ2) is 9.08. The highest BCUT2D eigenvalue weighted by atomic mass is 32.2. The van der Waals surface area contributed by atoms with Gasteiger partial charge in [-0.3, -0.25) is 9.10 Å². The minimum atomic E-state index is -3.66. The Balaban J connectivity index is 1.74. The average molecular weight is 431 g/mol. The molecule has 1 N–H and O–H groups in total. The van der Waals surface area contributed by atoms with Crippen molar-refractivity contribution in [1.29, 1.82) is 0 Å². The molecule has 1 atom stereocenters. The molecule has 1 aliphatic rings. The summed E-state index contributed by atoms with van der Waals surface area (Å²) in [6, 6.07) is 11.9. The number of amides is 1. The first-order valence-electron chi connectivity index (χ1n) is 10.3. The molecule has 0 bridgehead atoms. The molecule has 1 fully saturated rings. The molecule has 162 valence electrons. The zero-order valence-electron chi connectivity index (χ0n) is 18.0. The van der Waals surface area contributed by atoms with Gasteiger partial charge in [0.15, 0.2) is 0 Å². The third-order valence-corrected chi connectivity index (χ3v) is 6.64. The van der Waals surface area contributed by atoms with E-state index in [-0.39, 0.29) is 6.10 Å². The lowest BCUT2D eigenvalue weighted by Gasteiger charge is -2.29. The molecule has 2 aromatic rings. The van der Waals surface area contributed by atoms with Crippen molar-refractivity contribution in [3.63, 3.8) is 0 Å². The van der Waals surface area contributed by atoms with Crippen LogP contribution < -0.4 is 14.4 Å². The summed E-state index contributed by atoms with van der Waals surface area (Å²) < 4.78 is 32.2. The summed E-state index contributed by atoms with van der Waals surface area (Å²) in [5.41, 5.74) is 2.83. The summed E-state index contributed by atoms with van der Waals surface area (Å²) in [6.45, 7) is 5.32. The van der Waals surface area contributed by atoms with Crippen LogP contribution in [0.2, 0.25) is 0 Å². The van der Waals surface area contributed by atoms with Crippen LogP contribution in [0.25, 0.3) is 0 Å². The fourth-order valence-electron chi connectivity index (χ4n) is 3.80. The van der Waals surface area contributed by atoms with E-state index in [0.717, 1.165) is 36.0 Å². The zero-order valence-corrected chi connectivity index (χ0v) is 18.8. The van der Waals surface area contributed by atoms with Gasteiger partial charge in [-0.15, -0.1) is 0 Å². The molecule has 2 aromatic carbocycles. The molecule has 7 heteroatoms. The molecule has 1 unspecified atom stereocenters. The van der Waals surface area contributed by atoms with Gasteiger partial charge < -0.3 is 10.1 Å². The molecule has 30 heavy (non-hydrogen) atoms. The van der Waals surface area contributed by atoms with Crippen molar-refractivity contribution in [1.82, 2.24) is 0 Å². The second-order valence-electron chi connectivity index (χ2n) is 8.06. The Morgan fingerprint density at radius 1 is 1.10 bits per heavy atom. The van der Waals surface area contributed by atoms with Gasteiger partial charge in [-0.05, 0) is 87.9 Å². The quantitative estimate of drug-likeness (QED) is 0.706. The minimum Gasteiger partial charge on any atom is -0.490 e. The minimum absolute atomic E-state index is 0.270. The van der Waals surface area contributed by atoms with Crippen LogP contribution in [-0.4, -0.2) is 32.7 Å². The predicted octanol–water partition coefficient (Wildman–Crippen LogP) is 4.42. The van der Waals surface area contributed by atoms with E-state index in [1.54, 1.807) is 25.1 Å². The Kier molecular flexibility index (Phi) is 6.71. The van der Waals surface area contributed by atoms with E-state index in [9.17, 15) is 13.2 Å². The summed E-state index contributed by atoms with van der Waals surface area (Å²) >= 11 is 0. The SMILES string of the molecule is Cc1ccc(C)c(N(C(C)C(=O)Nc2ccc(OC3CCCC3)cc2)S(C)(=O)=O)c1. The molecule has 3 rings (SSSR count). The standard InChI is InChI=1S/C23H30N2O4S/c1-16-9-10-17(2)22(15-16)25(30(4,27)28)18(3)23(26)24-19-11-13-21(14-12-19)29-20-7-5-6-8-20/h9-15,18,20H,5-8H2,1-4H3,(H,24,26). The van der Waals surface area contributed by atoms with Crippen LogP contribution in [0.3, 0.4) is 0 Å². The van der Waals surface area contributed by atoms with E-state index in [1.807, 2.05) is 38.1 Å². The highest BCUT2D eigenvalue weighted by Gasteiger charge is 2.30. The fourth-order valence-corrected chi connectivity index (χ4v) is 5.02. The molecule has 0 saturated heterocycles. The van der Waals surface area contributed by atoms with Gasteiger partial charge in [0, 0.05) is 5.69 Å². The van der Waals surface area contributed by atoms with Crippen molar-refractivity contribution in [2.75, 3.05) is 15.9 Å². The maximum atomic E-state index is 12.9. The number of hydrogen-bond acceptors (Lipinski definition) is 4. The number of nitrogens with one attached hydrogen (secondary N) is 1. The van der Waals surface area contributed by atoms with Crippen LogP contribution >= 0.6 is 0 Å². The normalized spacial score (nSPS) is 15.6. The van der Waals surface area contributed by atoms with Gasteiger partial charge in [-0.1, -0.05) is 12.1 Å². The lowest BCUT2D eigenvalue weighted by atomic mass is 10.1. The van der Waals surface area contributed by atoms with E-state index in [4.69, 9.17) is 4.74 Å². The van der Waals surface area contributed by atoms with Crippen molar-refractivity contribution in [3.8, 4) is 5.75 Å². The lowest BCUT2D eigenvalue weighted by Crippen LogP contribution is -2.45. The van der Waals surface area contributed by atoms with Crippen molar-refractivity contribution < 1.29 is 17.9 Å². The number of ether oxygens (including phenoxy) is 1. The first kappa shape index (κ1) is 22.2. The Hall–Kier alpha value is -2.54. The molecular formula is C23H30N2O4S. The number of benzene rings is 2. The third-order valence-electron chi connectivity index (χ3n) is 5.42. The zero-order chi connectivity index (χ0) is 21.9. The van der Waals surface area contributed by atoms with Crippen molar-refractivity contribution in [2.45, 2.75) is 58.6 Å². The fraction of sp³-hybridized carbons (Fsp3) is 0.435. The lowest BCUT2D eigenvalue weighted by molar-refractivity contribution is -0.116. The van der Waals surface area contributed by atoms with Crippen LogP contribution in [-0.2, 0) is 14.8 Å². The highest BCUT2D eigenvalue weighted by molar-refractivity contribution is 7.92. The molecular weight excluding hydrogens is 400 g/mol. The van der Waals surface area contributed by atoms with Gasteiger partial charge in [0.25, 0.3) is 0 Å². The summed E-state index contributed by atoms with van der Waals surface area (Å²) in [5.74, 6) is 0.381. The topological polar surface area (TPSA) is 75.7 Å². The molecule has 0 radical (unpaired) electrons. The monoisotopic (exact) mass is 430 g/mol. The average Bonchev–Trinajstić information content (AvgIpc) is 3.18. The number of rotatable bonds is 7. The number of carbonyl (C=O) groups excluding carboxylic acids is 1. The van der Waals surface area contributed by atoms with Crippen LogP contribution in [0, 0.1) is 13.8 Å². The molecule has 1 saturated carbocycles. The van der Waals surface area contributed by atoms with E-state index < -0.39 is 22.0 Å². The Labute approximate surface area is 179 Å². The van der Waals surface area contributed by atoms with Gasteiger partial charge in [0.2, 0.25) is 15.9 Å². The van der Waals surface area contributed by atoms with Crippen LogP contribution in [0.1, 0.15) is 43.7 Å². The number of anilines is 2. The number of hydrogen-bond donors (Lipinski definition) is 1. The molecule has 0 aliphatic heterocycles. The van der Waals surface area contributed by atoms with E-state index >= 15 is 0 Å². The predicted molar refractivity (Wildman–Crippen MR) is 121 cm³/mol. The Morgan fingerprint density at radius 3 is 2.33 bits per heavy atom. The number of nitrogens with zero attached hydrogens (tertiary/aromatic N) is 1. The molecule has 0 heterocycles. The van der Waals surface area contributed by atoms with Crippen LogP contribution in [0.4, 0.5) is 11.4 Å². The first-order valence-corrected chi connectivity index (χ1v) is 12.1. The molecule has 0 aromatic heterocycles. The van der Waals surface area contributed by atoms with Gasteiger partial charge in [-0.2, -0.15) is 0 Å². The number of aryl methyl sites for hydroxylation is 2. The summed E-state index contributed by atoms with van der Waals surface area (Å²) in [5, 5.41) is 2.82. The molecule has 1 amide bonds. The Morgan fingerprint density at radius 2 is 1.73 bits per heavy atom. The summed E-state index contributed by atoms with van der Waals surface area (Å²) in [4.78, 5) is 12.9. The van der Waals surface area contributed by atoms with Crippen LogP contribution in [0.5, 0.6) is 5.75 Å².